The van der Waals surface area contributed by atoms with Crippen LogP contribution in [0.1, 0.15) is 12.0 Å². The Labute approximate surface area is 116 Å². The van der Waals surface area contributed by atoms with Crippen molar-refractivity contribution >= 4 is 27.1 Å². The van der Waals surface area contributed by atoms with Gasteiger partial charge in [-0.2, -0.15) is 0 Å². The maximum Gasteiger partial charge on any atom is 0.274 e. The van der Waals surface area contributed by atoms with Crippen LogP contribution in [0.2, 0.25) is 0 Å². The third-order valence-corrected chi connectivity index (χ3v) is 5.13. The number of hydrogen-bond acceptors (Lipinski definition) is 5. The Hall–Kier alpha value is -1.96. The van der Waals surface area contributed by atoms with Crippen LogP contribution >= 0.6 is 0 Å². The van der Waals surface area contributed by atoms with Crippen molar-refractivity contribution in [3.05, 3.63) is 33.9 Å². The Balaban J connectivity index is 2.17. The van der Waals surface area contributed by atoms with Gasteiger partial charge < -0.3 is 5.32 Å². The highest BCUT2D eigenvalue weighted by Gasteiger charge is 2.33. The molecule has 1 aromatic rings. The minimum absolute atomic E-state index is 0.0129. The number of benzene rings is 1. The van der Waals surface area contributed by atoms with Crippen LogP contribution in [0.5, 0.6) is 0 Å². The van der Waals surface area contributed by atoms with Crippen LogP contribution in [-0.2, 0) is 14.6 Å². The van der Waals surface area contributed by atoms with Crippen LogP contribution in [0.25, 0.3) is 0 Å². The Kier molecular flexibility index (Phi) is 3.76. The van der Waals surface area contributed by atoms with Gasteiger partial charge in [0.25, 0.3) is 5.69 Å². The summed E-state index contributed by atoms with van der Waals surface area (Å²) in [6.45, 7) is 1.54. The highest BCUT2D eigenvalue weighted by Crippen LogP contribution is 2.26. The van der Waals surface area contributed by atoms with Gasteiger partial charge in [0.2, 0.25) is 5.91 Å². The van der Waals surface area contributed by atoms with E-state index in [-0.39, 0.29) is 17.2 Å². The molecule has 1 N–H and O–H groups in total. The lowest BCUT2D eigenvalue weighted by Gasteiger charge is -2.11. The van der Waals surface area contributed by atoms with Gasteiger partial charge in [0, 0.05) is 6.07 Å². The molecule has 0 aromatic heterocycles. The minimum Gasteiger partial charge on any atom is -0.325 e. The Morgan fingerprint density at radius 3 is 2.70 bits per heavy atom. The molecule has 20 heavy (non-hydrogen) atoms. The summed E-state index contributed by atoms with van der Waals surface area (Å²) in [5.41, 5.74) is 0.613. The lowest BCUT2D eigenvalue weighted by atomic mass is 10.1. The second-order valence-electron chi connectivity index (χ2n) is 4.80. The number of amides is 1. The zero-order chi connectivity index (χ0) is 14.9. The number of nitrogens with one attached hydrogen (secondary N) is 1. The van der Waals surface area contributed by atoms with E-state index in [1.807, 2.05) is 0 Å². The molecule has 1 aliphatic rings. The summed E-state index contributed by atoms with van der Waals surface area (Å²) in [6.07, 6.45) is 0.294. The molecule has 0 unspecified atom stereocenters. The van der Waals surface area contributed by atoms with Crippen molar-refractivity contribution < 1.29 is 18.1 Å². The molecule has 1 fully saturated rings. The normalized spacial score (nSPS) is 20.6. The molecule has 1 heterocycles. The molecule has 7 nitrogen and oxygen atoms in total. The molecule has 2 rings (SSSR count). The summed E-state index contributed by atoms with van der Waals surface area (Å²) in [7, 11) is -3.13. The molecule has 0 aliphatic carbocycles. The molecule has 1 amide bonds. The minimum atomic E-state index is -3.13. The topological polar surface area (TPSA) is 106 Å². The van der Waals surface area contributed by atoms with Gasteiger partial charge in [0.1, 0.15) is 0 Å². The van der Waals surface area contributed by atoms with E-state index in [9.17, 15) is 23.3 Å². The number of nitro benzene ring substituents is 1. The first-order valence-electron chi connectivity index (χ1n) is 6.05. The summed E-state index contributed by atoms with van der Waals surface area (Å²) in [6, 6.07) is 4.39. The lowest BCUT2D eigenvalue weighted by molar-refractivity contribution is -0.385. The first-order valence-corrected chi connectivity index (χ1v) is 7.87. The van der Waals surface area contributed by atoms with Gasteiger partial charge in [0.05, 0.1) is 33.6 Å². The standard InChI is InChI=1S/C12H14N2O5S/c1-8-10(3-2-4-11(8)14(16)17)13-12(15)9-5-6-20(18,19)7-9/h2-4,9H,5-7H2,1H3,(H,13,15)/t9-/m1/s1. The molecule has 1 atom stereocenters. The van der Waals surface area contributed by atoms with Gasteiger partial charge >= 0.3 is 0 Å². The third kappa shape index (κ3) is 2.96. The van der Waals surface area contributed by atoms with E-state index < -0.39 is 26.6 Å². The van der Waals surface area contributed by atoms with Gasteiger partial charge in [0.15, 0.2) is 9.84 Å². The van der Waals surface area contributed by atoms with Gasteiger partial charge in [-0.15, -0.1) is 0 Å². The summed E-state index contributed by atoms with van der Waals surface area (Å²) in [5, 5.41) is 13.4. The van der Waals surface area contributed by atoms with E-state index in [0.717, 1.165) is 0 Å². The van der Waals surface area contributed by atoms with Crippen LogP contribution in [0.3, 0.4) is 0 Å². The van der Waals surface area contributed by atoms with Gasteiger partial charge in [-0.1, -0.05) is 6.07 Å². The molecule has 1 aromatic carbocycles. The molecule has 8 heteroatoms. The SMILES string of the molecule is Cc1c(NC(=O)[C@@H]2CCS(=O)(=O)C2)cccc1[N+](=O)[O-]. The zero-order valence-electron chi connectivity index (χ0n) is 10.8. The van der Waals surface area contributed by atoms with E-state index >= 15 is 0 Å². The van der Waals surface area contributed by atoms with Crippen molar-refractivity contribution in [3.8, 4) is 0 Å². The quantitative estimate of drug-likeness (QED) is 0.668. The summed E-state index contributed by atoms with van der Waals surface area (Å²) >= 11 is 0. The number of hydrogen-bond donors (Lipinski definition) is 1. The number of anilines is 1. The van der Waals surface area contributed by atoms with Crippen molar-refractivity contribution in [3.63, 3.8) is 0 Å². The molecule has 0 saturated carbocycles. The second-order valence-corrected chi connectivity index (χ2v) is 7.02. The number of nitrogens with zero attached hydrogens (tertiary/aromatic N) is 1. The fourth-order valence-corrected chi connectivity index (χ4v) is 3.93. The lowest BCUT2D eigenvalue weighted by Crippen LogP contribution is -2.24. The van der Waals surface area contributed by atoms with Crippen molar-refractivity contribution in [1.82, 2.24) is 0 Å². The largest absolute Gasteiger partial charge is 0.325 e. The van der Waals surface area contributed by atoms with Crippen LogP contribution in [-0.4, -0.2) is 30.8 Å². The van der Waals surface area contributed by atoms with Crippen molar-refractivity contribution in [2.24, 2.45) is 5.92 Å². The van der Waals surface area contributed by atoms with Crippen LogP contribution in [0.4, 0.5) is 11.4 Å². The molecule has 0 spiro atoms. The summed E-state index contributed by atoms with van der Waals surface area (Å²) < 4.78 is 22.7. The molecule has 0 radical (unpaired) electrons. The van der Waals surface area contributed by atoms with Gasteiger partial charge in [-0.25, -0.2) is 8.42 Å². The van der Waals surface area contributed by atoms with Gasteiger partial charge in [-0.05, 0) is 19.4 Å². The molecule has 0 bridgehead atoms. The number of carbonyl (C=O) groups excluding carboxylic acids is 1. The zero-order valence-corrected chi connectivity index (χ0v) is 11.6. The first kappa shape index (κ1) is 14.4. The fourth-order valence-electron chi connectivity index (χ4n) is 2.19. The maximum absolute atomic E-state index is 12.0. The van der Waals surface area contributed by atoms with E-state index in [1.165, 1.54) is 12.1 Å². The maximum atomic E-state index is 12.0. The number of sulfone groups is 1. The average molecular weight is 298 g/mol. The number of nitro groups is 1. The predicted molar refractivity (Wildman–Crippen MR) is 73.2 cm³/mol. The van der Waals surface area contributed by atoms with Crippen LogP contribution < -0.4 is 5.32 Å². The molecular formula is C12H14N2O5S. The first-order chi connectivity index (χ1) is 9.30. The fraction of sp³-hybridized carbons (Fsp3) is 0.417. The second kappa shape index (κ2) is 5.20. The van der Waals surface area contributed by atoms with Crippen molar-refractivity contribution in [2.45, 2.75) is 13.3 Å². The smallest absolute Gasteiger partial charge is 0.274 e. The van der Waals surface area contributed by atoms with E-state index in [2.05, 4.69) is 5.32 Å². The van der Waals surface area contributed by atoms with Crippen molar-refractivity contribution in [1.29, 1.82) is 0 Å². The average Bonchev–Trinajstić information content (AvgIpc) is 2.72. The monoisotopic (exact) mass is 298 g/mol. The van der Waals surface area contributed by atoms with E-state index in [4.69, 9.17) is 0 Å². The predicted octanol–water partition coefficient (Wildman–Crippen LogP) is 1.28. The number of rotatable bonds is 3. The molecule has 108 valence electrons. The molecule has 1 aliphatic heterocycles. The van der Waals surface area contributed by atoms with E-state index in [0.29, 0.717) is 17.7 Å². The Morgan fingerprint density at radius 2 is 2.15 bits per heavy atom. The van der Waals surface area contributed by atoms with E-state index in [1.54, 1.807) is 13.0 Å². The summed E-state index contributed by atoms with van der Waals surface area (Å²) in [4.78, 5) is 22.3. The Morgan fingerprint density at radius 1 is 1.45 bits per heavy atom. The molecular weight excluding hydrogens is 284 g/mol. The van der Waals surface area contributed by atoms with Gasteiger partial charge in [-0.3, -0.25) is 14.9 Å². The molecule has 1 saturated heterocycles. The highest BCUT2D eigenvalue weighted by molar-refractivity contribution is 7.91. The third-order valence-electron chi connectivity index (χ3n) is 3.36. The summed E-state index contributed by atoms with van der Waals surface area (Å²) in [5.74, 6) is -1.14. The van der Waals surface area contributed by atoms with Crippen LogP contribution in [0, 0.1) is 23.0 Å². The number of carbonyl (C=O) groups is 1. The highest BCUT2D eigenvalue weighted by atomic mass is 32.2. The van der Waals surface area contributed by atoms with Crippen molar-refractivity contribution in [2.75, 3.05) is 16.8 Å². The Bertz CT molecular complexity index is 668. The van der Waals surface area contributed by atoms with Crippen LogP contribution in [0.15, 0.2) is 18.2 Å².